The average Bonchev–Trinajstić information content (AvgIpc) is 2.38. The van der Waals surface area contributed by atoms with Gasteiger partial charge in [-0.3, -0.25) is 0 Å². The molecule has 1 aliphatic heterocycles. The highest BCUT2D eigenvalue weighted by molar-refractivity contribution is 5.77. The smallest absolute Gasteiger partial charge is 0.349 e. The zero-order valence-electron chi connectivity index (χ0n) is 9.64. The number of hydrogen-bond donors (Lipinski definition) is 1. The lowest BCUT2D eigenvalue weighted by molar-refractivity contribution is -0.152. The van der Waals surface area contributed by atoms with Crippen molar-refractivity contribution >= 4 is 11.7 Å². The SMILES string of the molecule is COCCOC(=O)C1CNc2ccccc2O1. The quantitative estimate of drug-likeness (QED) is 0.626. The standard InChI is InChI=1S/C12H15NO4/c1-15-6-7-16-12(14)11-8-13-9-4-2-3-5-10(9)17-11/h2-5,11,13H,6-8H2,1H3. The van der Waals surface area contributed by atoms with E-state index >= 15 is 0 Å². The molecule has 1 aromatic carbocycles. The molecule has 5 nitrogen and oxygen atoms in total. The minimum atomic E-state index is -0.596. The highest BCUT2D eigenvalue weighted by Crippen LogP contribution is 2.28. The summed E-state index contributed by atoms with van der Waals surface area (Å²) in [7, 11) is 1.56. The molecule has 92 valence electrons. The summed E-state index contributed by atoms with van der Waals surface area (Å²) in [5, 5.41) is 3.13. The van der Waals surface area contributed by atoms with Crippen molar-refractivity contribution < 1.29 is 19.0 Å². The third kappa shape index (κ3) is 2.88. The van der Waals surface area contributed by atoms with E-state index in [0.29, 0.717) is 18.9 Å². The van der Waals surface area contributed by atoms with Gasteiger partial charge in [0.2, 0.25) is 6.10 Å². The van der Waals surface area contributed by atoms with Crippen LogP contribution in [0.1, 0.15) is 0 Å². The molecule has 17 heavy (non-hydrogen) atoms. The van der Waals surface area contributed by atoms with Crippen molar-refractivity contribution in [3.63, 3.8) is 0 Å². The number of rotatable bonds is 4. The second kappa shape index (κ2) is 5.54. The number of ether oxygens (including phenoxy) is 3. The molecule has 1 N–H and O–H groups in total. The molecule has 5 heteroatoms. The fraction of sp³-hybridized carbons (Fsp3) is 0.417. The van der Waals surface area contributed by atoms with Crippen molar-refractivity contribution in [2.45, 2.75) is 6.10 Å². The highest BCUT2D eigenvalue weighted by atomic mass is 16.6. The number of fused-ring (bicyclic) bond motifs is 1. The zero-order valence-corrected chi connectivity index (χ0v) is 9.64. The van der Waals surface area contributed by atoms with Crippen LogP contribution in [0.3, 0.4) is 0 Å². The Hall–Kier alpha value is -1.75. The van der Waals surface area contributed by atoms with Crippen LogP contribution in [-0.2, 0) is 14.3 Å². The van der Waals surface area contributed by atoms with Crippen LogP contribution < -0.4 is 10.1 Å². The molecule has 0 aromatic heterocycles. The van der Waals surface area contributed by atoms with Crippen LogP contribution in [0.5, 0.6) is 5.75 Å². The van der Waals surface area contributed by atoms with Gasteiger partial charge in [0.25, 0.3) is 0 Å². The third-order valence-electron chi connectivity index (χ3n) is 2.43. The predicted octanol–water partition coefficient (Wildman–Crippen LogP) is 1.05. The molecule has 1 atom stereocenters. The Morgan fingerprint density at radius 2 is 2.29 bits per heavy atom. The van der Waals surface area contributed by atoms with Crippen LogP contribution >= 0.6 is 0 Å². The van der Waals surface area contributed by atoms with Gasteiger partial charge in [0.1, 0.15) is 12.4 Å². The first kappa shape index (κ1) is 11.7. The van der Waals surface area contributed by atoms with Gasteiger partial charge < -0.3 is 19.5 Å². The van der Waals surface area contributed by atoms with Crippen molar-refractivity contribution in [2.75, 3.05) is 32.2 Å². The fourth-order valence-corrected chi connectivity index (χ4v) is 1.56. The summed E-state index contributed by atoms with van der Waals surface area (Å²) in [6.45, 7) is 1.06. The van der Waals surface area contributed by atoms with Gasteiger partial charge in [-0.2, -0.15) is 0 Å². The first-order valence-corrected chi connectivity index (χ1v) is 5.46. The van der Waals surface area contributed by atoms with Gasteiger partial charge in [-0.05, 0) is 12.1 Å². The van der Waals surface area contributed by atoms with Crippen LogP contribution in [0.4, 0.5) is 5.69 Å². The van der Waals surface area contributed by atoms with Crippen LogP contribution in [0.25, 0.3) is 0 Å². The molecule has 1 unspecified atom stereocenters. The van der Waals surface area contributed by atoms with Gasteiger partial charge in [0.15, 0.2) is 0 Å². The first-order valence-electron chi connectivity index (χ1n) is 5.46. The van der Waals surface area contributed by atoms with Gasteiger partial charge in [-0.15, -0.1) is 0 Å². The van der Waals surface area contributed by atoms with Gasteiger partial charge in [0.05, 0.1) is 18.8 Å². The van der Waals surface area contributed by atoms with Crippen LogP contribution in [0.2, 0.25) is 0 Å². The van der Waals surface area contributed by atoms with E-state index in [0.717, 1.165) is 5.69 Å². The number of hydrogen-bond acceptors (Lipinski definition) is 5. The molecule has 2 rings (SSSR count). The van der Waals surface area contributed by atoms with E-state index in [9.17, 15) is 4.79 Å². The maximum atomic E-state index is 11.6. The Morgan fingerprint density at radius 3 is 3.12 bits per heavy atom. The van der Waals surface area contributed by atoms with Gasteiger partial charge in [-0.25, -0.2) is 4.79 Å². The molecule has 0 aliphatic carbocycles. The zero-order chi connectivity index (χ0) is 12.1. The number of methoxy groups -OCH3 is 1. The van der Waals surface area contributed by atoms with E-state index in [1.165, 1.54) is 0 Å². The van der Waals surface area contributed by atoms with Crippen molar-refractivity contribution in [1.29, 1.82) is 0 Å². The van der Waals surface area contributed by atoms with E-state index in [2.05, 4.69) is 5.32 Å². The largest absolute Gasteiger partial charge is 0.475 e. The number of carbonyl (C=O) groups excluding carboxylic acids is 1. The number of nitrogens with one attached hydrogen (secondary N) is 1. The van der Waals surface area contributed by atoms with E-state index in [1.807, 2.05) is 24.3 Å². The van der Waals surface area contributed by atoms with Crippen LogP contribution in [-0.4, -0.2) is 38.9 Å². The molecule has 0 amide bonds. The van der Waals surface area contributed by atoms with E-state index < -0.39 is 6.10 Å². The van der Waals surface area contributed by atoms with Crippen LogP contribution in [0, 0.1) is 0 Å². The molecule has 1 aliphatic rings. The maximum Gasteiger partial charge on any atom is 0.349 e. The summed E-state index contributed by atoms with van der Waals surface area (Å²) in [6, 6.07) is 7.49. The van der Waals surface area contributed by atoms with E-state index in [-0.39, 0.29) is 12.6 Å². The molecular formula is C12H15NO4. The molecule has 0 saturated carbocycles. The van der Waals surface area contributed by atoms with Gasteiger partial charge in [0, 0.05) is 7.11 Å². The molecule has 0 spiro atoms. The lowest BCUT2D eigenvalue weighted by Gasteiger charge is -2.25. The monoisotopic (exact) mass is 237 g/mol. The highest BCUT2D eigenvalue weighted by Gasteiger charge is 2.26. The molecule has 0 bridgehead atoms. The normalized spacial score (nSPS) is 17.6. The predicted molar refractivity (Wildman–Crippen MR) is 62.2 cm³/mol. The van der Waals surface area contributed by atoms with Crippen molar-refractivity contribution in [3.8, 4) is 5.75 Å². The summed E-state index contributed by atoms with van der Waals surface area (Å²) >= 11 is 0. The van der Waals surface area contributed by atoms with Crippen molar-refractivity contribution in [1.82, 2.24) is 0 Å². The number of benzene rings is 1. The molecule has 0 fully saturated rings. The first-order chi connectivity index (χ1) is 8.31. The van der Waals surface area contributed by atoms with Crippen LogP contribution in [0.15, 0.2) is 24.3 Å². The van der Waals surface area contributed by atoms with Crippen molar-refractivity contribution in [3.05, 3.63) is 24.3 Å². The fourth-order valence-electron chi connectivity index (χ4n) is 1.56. The Bertz CT molecular complexity index is 394. The molecule has 0 saturated heterocycles. The Morgan fingerprint density at radius 1 is 1.47 bits per heavy atom. The Labute approximate surface area is 99.7 Å². The van der Waals surface area contributed by atoms with Gasteiger partial charge in [-0.1, -0.05) is 12.1 Å². The third-order valence-corrected chi connectivity index (χ3v) is 2.43. The molecule has 1 heterocycles. The minimum Gasteiger partial charge on any atom is -0.475 e. The summed E-state index contributed by atoms with van der Waals surface area (Å²) in [5.41, 5.74) is 0.897. The topological polar surface area (TPSA) is 56.8 Å². The summed E-state index contributed by atoms with van der Waals surface area (Å²) < 4.78 is 15.4. The van der Waals surface area contributed by atoms with Crippen molar-refractivity contribution in [2.24, 2.45) is 0 Å². The second-order valence-electron chi connectivity index (χ2n) is 3.64. The maximum absolute atomic E-state index is 11.6. The second-order valence-corrected chi connectivity index (χ2v) is 3.64. The van der Waals surface area contributed by atoms with Gasteiger partial charge >= 0.3 is 5.97 Å². The summed E-state index contributed by atoms with van der Waals surface area (Å²) in [6.07, 6.45) is -0.596. The average molecular weight is 237 g/mol. The number of para-hydroxylation sites is 2. The number of esters is 1. The molecule has 1 aromatic rings. The summed E-state index contributed by atoms with van der Waals surface area (Å²) in [5.74, 6) is 0.302. The molecule has 0 radical (unpaired) electrons. The Kier molecular flexibility index (Phi) is 3.82. The lowest BCUT2D eigenvalue weighted by atomic mass is 10.2. The summed E-state index contributed by atoms with van der Waals surface area (Å²) in [4.78, 5) is 11.6. The number of carbonyl (C=O) groups is 1. The van der Waals surface area contributed by atoms with E-state index in [4.69, 9.17) is 14.2 Å². The van der Waals surface area contributed by atoms with E-state index in [1.54, 1.807) is 7.11 Å². The number of anilines is 1. The lowest BCUT2D eigenvalue weighted by Crippen LogP contribution is -2.39. The molecular weight excluding hydrogens is 222 g/mol. The Balaban J connectivity index is 1.91. The minimum absolute atomic E-state index is 0.247.